The van der Waals surface area contributed by atoms with Crippen LogP contribution in [0.1, 0.15) is 113 Å². The van der Waals surface area contributed by atoms with E-state index in [0.717, 1.165) is 56.7 Å². The minimum Gasteiger partial charge on any atom is -0.495 e. The lowest BCUT2D eigenvalue weighted by molar-refractivity contribution is -0.117. The number of hydrogen-bond acceptors (Lipinski definition) is 5. The molecule has 11 heteroatoms. The standard InChI is InChI=1S/C49H52N8O3/c1-46(2)33-17-21-37(52-33)48(5)27-25-43(58)56-41-15-9-13-31(50-41)29-11-8-12-30(45(29)60-7)32-14-10-16-42(51-32)57-44(59)26-28-49(6,38-22-18-34(46)53-38)40-24-20-36(55-40)47(3,4)35-19-23-39(48)54-35/h8-24,52-55H,25-28H2,1-7H3,(H,50,56,58)(H,51,57,59). The number of para-hydroxylation sites is 1. The molecule has 6 aromatic heterocycles. The summed E-state index contributed by atoms with van der Waals surface area (Å²) in [6, 6.07) is 34.2. The molecule has 306 valence electrons. The number of methoxy groups -OCH3 is 1. The molecule has 9 heterocycles. The van der Waals surface area contributed by atoms with E-state index in [9.17, 15) is 9.59 Å². The number of amides is 2. The summed E-state index contributed by atoms with van der Waals surface area (Å²) in [5, 5.41) is 6.17. The van der Waals surface area contributed by atoms with E-state index in [1.54, 1.807) is 19.2 Å². The molecule has 60 heavy (non-hydrogen) atoms. The topological polar surface area (TPSA) is 156 Å². The lowest BCUT2D eigenvalue weighted by Crippen LogP contribution is -2.30. The van der Waals surface area contributed by atoms with E-state index < -0.39 is 21.7 Å². The molecule has 0 fully saturated rings. The Morgan fingerprint density at radius 2 is 0.800 bits per heavy atom. The predicted octanol–water partition coefficient (Wildman–Crippen LogP) is 9.86. The fourth-order valence-electron chi connectivity index (χ4n) is 9.05. The van der Waals surface area contributed by atoms with Gasteiger partial charge in [0.2, 0.25) is 11.8 Å². The van der Waals surface area contributed by atoms with E-state index in [4.69, 9.17) is 14.7 Å². The third kappa shape index (κ3) is 6.52. The van der Waals surface area contributed by atoms with Gasteiger partial charge in [-0.05, 0) is 139 Å². The van der Waals surface area contributed by atoms with Gasteiger partial charge in [-0.1, -0.05) is 18.2 Å². The van der Waals surface area contributed by atoms with Gasteiger partial charge in [-0.3, -0.25) is 9.59 Å². The molecule has 0 saturated heterocycles. The van der Waals surface area contributed by atoms with Crippen LogP contribution in [0, 0.1) is 0 Å². The first-order valence-electron chi connectivity index (χ1n) is 20.7. The Hall–Kier alpha value is -6.62. The van der Waals surface area contributed by atoms with Gasteiger partial charge in [-0.2, -0.15) is 0 Å². The second kappa shape index (κ2) is 14.3. The number of anilines is 2. The van der Waals surface area contributed by atoms with Gasteiger partial charge >= 0.3 is 0 Å². The van der Waals surface area contributed by atoms with Crippen LogP contribution in [0.5, 0.6) is 5.75 Å². The number of aromatic nitrogens is 6. The van der Waals surface area contributed by atoms with E-state index in [2.05, 4.69) is 121 Å². The molecule has 10 rings (SSSR count). The van der Waals surface area contributed by atoms with E-state index in [1.165, 1.54) is 0 Å². The van der Waals surface area contributed by atoms with Gasteiger partial charge in [0.15, 0.2) is 0 Å². The summed E-state index contributed by atoms with van der Waals surface area (Å²) in [7, 11) is 1.62. The van der Waals surface area contributed by atoms with Gasteiger partial charge in [0.25, 0.3) is 0 Å². The largest absolute Gasteiger partial charge is 0.495 e. The van der Waals surface area contributed by atoms with Crippen molar-refractivity contribution in [2.75, 3.05) is 17.7 Å². The lowest BCUT2D eigenvalue weighted by atomic mass is 9.79. The molecule has 0 aliphatic carbocycles. The minimum absolute atomic E-state index is 0.140. The van der Waals surface area contributed by atoms with Crippen molar-refractivity contribution in [3.63, 3.8) is 0 Å². The first-order valence-corrected chi connectivity index (χ1v) is 20.7. The number of ether oxygens (including phenoxy) is 1. The first-order chi connectivity index (χ1) is 28.7. The molecule has 1 aromatic carbocycles. The highest BCUT2D eigenvalue weighted by Gasteiger charge is 2.40. The van der Waals surface area contributed by atoms with Crippen LogP contribution in [0.4, 0.5) is 11.6 Å². The maximum absolute atomic E-state index is 13.9. The average molecular weight is 801 g/mol. The maximum atomic E-state index is 13.9. The number of fused-ring (bicyclic) bond motifs is 6. The fraction of sp³-hybridized carbons (Fsp3) is 0.306. The zero-order valence-electron chi connectivity index (χ0n) is 35.3. The highest BCUT2D eigenvalue weighted by Crippen LogP contribution is 2.44. The zero-order chi connectivity index (χ0) is 42.0. The van der Waals surface area contributed by atoms with Crippen molar-refractivity contribution in [2.24, 2.45) is 0 Å². The third-order valence-corrected chi connectivity index (χ3v) is 13.3. The fourth-order valence-corrected chi connectivity index (χ4v) is 9.05. The molecule has 0 saturated carbocycles. The normalized spacial score (nSPS) is 21.1. The van der Waals surface area contributed by atoms with Crippen LogP contribution in [0.2, 0.25) is 0 Å². The summed E-state index contributed by atoms with van der Waals surface area (Å²) in [5.41, 5.74) is 8.92. The smallest absolute Gasteiger partial charge is 0.225 e. The van der Waals surface area contributed by atoms with Crippen molar-refractivity contribution in [1.29, 1.82) is 0 Å². The van der Waals surface area contributed by atoms with Gasteiger partial charge in [-0.25, -0.2) is 9.97 Å². The average Bonchev–Trinajstić information content (AvgIpc) is 4.08. The number of nitrogens with zero attached hydrogens (tertiary/aromatic N) is 2. The van der Waals surface area contributed by atoms with E-state index >= 15 is 0 Å². The molecule has 7 aromatic rings. The summed E-state index contributed by atoms with van der Waals surface area (Å²) in [4.78, 5) is 52.9. The highest BCUT2D eigenvalue weighted by atomic mass is 16.5. The Bertz CT molecular complexity index is 2490. The molecule has 0 unspecified atom stereocenters. The Morgan fingerprint density at radius 1 is 0.467 bits per heavy atom. The summed E-state index contributed by atoms with van der Waals surface area (Å²) in [5.74, 6) is 1.18. The summed E-state index contributed by atoms with van der Waals surface area (Å²) in [6.45, 7) is 13.2. The Kier molecular flexibility index (Phi) is 9.26. The van der Waals surface area contributed by atoms with Crippen LogP contribution >= 0.6 is 0 Å². The quantitative estimate of drug-likeness (QED) is 0.0975. The predicted molar refractivity (Wildman–Crippen MR) is 236 cm³/mol. The molecule has 0 atom stereocenters. The Balaban J connectivity index is 1.21. The molecule has 16 bridgehead atoms. The minimum atomic E-state index is -0.586. The van der Waals surface area contributed by atoms with Crippen molar-refractivity contribution < 1.29 is 14.3 Å². The summed E-state index contributed by atoms with van der Waals surface area (Å²) < 4.78 is 6.00. The molecule has 0 spiro atoms. The molecular weight excluding hydrogens is 749 g/mol. The SMILES string of the molecule is COc1c2cccc1-c1cccc(n1)NC(=O)CCC1(C)c3ccc([nH]3)C(C)(C)c3ccc([nH]3)C(C)(CCC(=O)Nc3cccc-2n3)c2ccc([nH]2)C(C)(C)c2ccc1[nH]2. The number of aromatic amines is 4. The summed E-state index contributed by atoms with van der Waals surface area (Å²) in [6.07, 6.45) is 1.53. The number of carbonyl (C=O) groups excluding carboxylic acids is 2. The van der Waals surface area contributed by atoms with Crippen LogP contribution in [-0.4, -0.2) is 48.8 Å². The van der Waals surface area contributed by atoms with Crippen LogP contribution in [0.3, 0.4) is 0 Å². The van der Waals surface area contributed by atoms with Gasteiger partial charge in [0.1, 0.15) is 17.4 Å². The highest BCUT2D eigenvalue weighted by molar-refractivity contribution is 5.91. The van der Waals surface area contributed by atoms with Crippen molar-refractivity contribution in [3.05, 3.63) is 149 Å². The third-order valence-electron chi connectivity index (χ3n) is 13.3. The van der Waals surface area contributed by atoms with Gasteiger partial charge in [0.05, 0.1) is 18.5 Å². The van der Waals surface area contributed by atoms with Gasteiger partial charge in [0, 0.05) is 91.2 Å². The number of carbonyl (C=O) groups is 2. The summed E-state index contributed by atoms with van der Waals surface area (Å²) >= 11 is 0. The molecule has 2 amide bonds. The van der Waals surface area contributed by atoms with Crippen molar-refractivity contribution in [3.8, 4) is 28.3 Å². The van der Waals surface area contributed by atoms with E-state index in [1.807, 2.05) is 42.5 Å². The number of pyridine rings is 2. The molecule has 11 nitrogen and oxygen atoms in total. The van der Waals surface area contributed by atoms with Gasteiger partial charge in [-0.15, -0.1) is 0 Å². The Labute approximate surface area is 350 Å². The van der Waals surface area contributed by atoms with E-state index in [0.29, 0.717) is 41.6 Å². The number of nitrogens with one attached hydrogen (secondary N) is 6. The molecule has 0 radical (unpaired) electrons. The van der Waals surface area contributed by atoms with Crippen molar-refractivity contribution in [2.45, 2.75) is 88.9 Å². The van der Waals surface area contributed by atoms with Crippen LogP contribution < -0.4 is 15.4 Å². The number of hydrogen-bond donors (Lipinski definition) is 6. The number of H-pyrrole nitrogens is 4. The van der Waals surface area contributed by atoms with Crippen LogP contribution in [0.15, 0.2) is 103 Å². The van der Waals surface area contributed by atoms with E-state index in [-0.39, 0.29) is 24.7 Å². The Morgan fingerprint density at radius 3 is 1.15 bits per heavy atom. The second-order valence-corrected chi connectivity index (χ2v) is 17.9. The van der Waals surface area contributed by atoms with Crippen LogP contribution in [0.25, 0.3) is 22.5 Å². The zero-order valence-corrected chi connectivity index (χ0v) is 35.3. The van der Waals surface area contributed by atoms with Crippen molar-refractivity contribution in [1.82, 2.24) is 29.9 Å². The van der Waals surface area contributed by atoms with Crippen molar-refractivity contribution >= 4 is 23.5 Å². The first kappa shape index (κ1) is 38.9. The maximum Gasteiger partial charge on any atom is 0.225 e. The number of rotatable bonds is 1. The van der Waals surface area contributed by atoms with Gasteiger partial charge < -0.3 is 35.3 Å². The lowest BCUT2D eigenvalue weighted by Gasteiger charge is -2.31. The molecular formula is C49H52N8O3. The molecule has 3 aliphatic heterocycles. The van der Waals surface area contributed by atoms with Crippen LogP contribution in [-0.2, 0) is 31.2 Å². The second-order valence-electron chi connectivity index (χ2n) is 17.9. The monoisotopic (exact) mass is 800 g/mol. The number of benzene rings is 1. The molecule has 3 aliphatic rings. The molecule has 6 N–H and O–H groups in total.